The summed E-state index contributed by atoms with van der Waals surface area (Å²) in [6.07, 6.45) is 7.57. The standard InChI is InChI=1S/C26H29N5O4/c1-16-11-28-23(12-27-16)18-4-5-24-19(8-18)9-20(14-34-24)29-26(32)22-10-25-31(30-22)7-6-21(35-25)15-33-13-17-2-3-17/h4-5,8,10-12,17,20-21H,2-3,6-7,9,13-15H2,1H3,(H,29,32)/t20-,21?/m1/s1. The number of nitrogens with one attached hydrogen (secondary N) is 1. The predicted octanol–water partition coefficient (Wildman–Crippen LogP) is 2.96. The summed E-state index contributed by atoms with van der Waals surface area (Å²) in [6, 6.07) is 7.56. The highest BCUT2D eigenvalue weighted by Crippen LogP contribution is 2.30. The molecule has 6 rings (SSSR count). The van der Waals surface area contributed by atoms with Crippen molar-refractivity contribution in [3.05, 3.63) is 53.6 Å². The molecule has 4 heterocycles. The first kappa shape index (κ1) is 22.0. The van der Waals surface area contributed by atoms with Crippen LogP contribution in [0.2, 0.25) is 0 Å². The van der Waals surface area contributed by atoms with Crippen molar-refractivity contribution in [3.63, 3.8) is 0 Å². The van der Waals surface area contributed by atoms with Gasteiger partial charge in [0.2, 0.25) is 5.88 Å². The maximum atomic E-state index is 13.0. The van der Waals surface area contributed by atoms with Crippen LogP contribution in [0.3, 0.4) is 0 Å². The number of hydrogen-bond donors (Lipinski definition) is 1. The minimum Gasteiger partial charge on any atom is -0.491 e. The molecule has 2 aliphatic heterocycles. The number of carbonyl (C=O) groups is 1. The van der Waals surface area contributed by atoms with Gasteiger partial charge in [0.15, 0.2) is 5.69 Å². The third-order valence-electron chi connectivity index (χ3n) is 6.66. The fraction of sp³-hybridized carbons (Fsp3) is 0.462. The second kappa shape index (κ2) is 9.30. The first-order valence-electron chi connectivity index (χ1n) is 12.3. The van der Waals surface area contributed by atoms with Crippen LogP contribution in [0.15, 0.2) is 36.7 Å². The van der Waals surface area contributed by atoms with Gasteiger partial charge in [-0.05, 0) is 55.9 Å². The third kappa shape index (κ3) is 5.00. The lowest BCUT2D eigenvalue weighted by Gasteiger charge is -2.26. The van der Waals surface area contributed by atoms with Gasteiger partial charge in [0, 0.05) is 37.4 Å². The van der Waals surface area contributed by atoms with E-state index in [2.05, 4.69) is 26.4 Å². The molecule has 0 spiro atoms. The van der Waals surface area contributed by atoms with Crippen molar-refractivity contribution >= 4 is 5.91 Å². The van der Waals surface area contributed by atoms with E-state index < -0.39 is 0 Å². The molecule has 182 valence electrons. The Hall–Kier alpha value is -3.46. The van der Waals surface area contributed by atoms with Crippen molar-refractivity contribution in [3.8, 4) is 22.9 Å². The fourth-order valence-electron chi connectivity index (χ4n) is 4.48. The van der Waals surface area contributed by atoms with Crippen molar-refractivity contribution in [2.24, 2.45) is 5.92 Å². The maximum Gasteiger partial charge on any atom is 0.272 e. The zero-order valence-electron chi connectivity index (χ0n) is 19.8. The van der Waals surface area contributed by atoms with Crippen LogP contribution in [0.25, 0.3) is 11.3 Å². The molecule has 1 amide bonds. The average Bonchev–Trinajstić information content (AvgIpc) is 3.59. The van der Waals surface area contributed by atoms with Crippen LogP contribution < -0.4 is 14.8 Å². The van der Waals surface area contributed by atoms with Crippen molar-refractivity contribution in [2.75, 3.05) is 19.8 Å². The van der Waals surface area contributed by atoms with Crippen molar-refractivity contribution in [1.29, 1.82) is 0 Å². The predicted molar refractivity (Wildman–Crippen MR) is 127 cm³/mol. The molecule has 2 atom stereocenters. The summed E-state index contributed by atoms with van der Waals surface area (Å²) in [4.78, 5) is 21.8. The number of aromatic nitrogens is 4. The second-order valence-corrected chi connectivity index (χ2v) is 9.65. The highest BCUT2D eigenvalue weighted by molar-refractivity contribution is 5.92. The molecule has 1 aliphatic carbocycles. The number of nitrogens with zero attached hydrogens (tertiary/aromatic N) is 4. The average molecular weight is 476 g/mol. The first-order chi connectivity index (χ1) is 17.1. The molecule has 2 aromatic heterocycles. The lowest BCUT2D eigenvalue weighted by Crippen LogP contribution is -2.42. The quantitative estimate of drug-likeness (QED) is 0.561. The normalized spacial score (nSPS) is 20.8. The Balaban J connectivity index is 1.08. The number of hydrogen-bond acceptors (Lipinski definition) is 7. The molecule has 1 fully saturated rings. The summed E-state index contributed by atoms with van der Waals surface area (Å²) >= 11 is 0. The van der Waals surface area contributed by atoms with Gasteiger partial charge in [-0.1, -0.05) is 0 Å². The minimum atomic E-state index is -0.227. The number of amides is 1. The lowest BCUT2D eigenvalue weighted by atomic mass is 9.99. The van der Waals surface area contributed by atoms with Crippen molar-refractivity contribution in [2.45, 2.75) is 51.3 Å². The van der Waals surface area contributed by atoms with Crippen LogP contribution in [0.1, 0.15) is 41.0 Å². The number of ether oxygens (including phenoxy) is 3. The van der Waals surface area contributed by atoms with E-state index in [4.69, 9.17) is 14.2 Å². The van der Waals surface area contributed by atoms with E-state index in [-0.39, 0.29) is 18.1 Å². The summed E-state index contributed by atoms with van der Waals surface area (Å²) in [6.45, 7) is 4.44. The first-order valence-corrected chi connectivity index (χ1v) is 12.3. The number of rotatable bonds is 7. The molecule has 1 aromatic carbocycles. The van der Waals surface area contributed by atoms with E-state index >= 15 is 0 Å². The molecular formula is C26H29N5O4. The topological polar surface area (TPSA) is 100 Å². The molecule has 0 radical (unpaired) electrons. The highest BCUT2D eigenvalue weighted by atomic mass is 16.5. The molecule has 9 nitrogen and oxygen atoms in total. The molecule has 9 heteroatoms. The Morgan fingerprint density at radius 3 is 2.91 bits per heavy atom. The second-order valence-electron chi connectivity index (χ2n) is 9.65. The van der Waals surface area contributed by atoms with Crippen molar-refractivity contribution < 1.29 is 19.0 Å². The summed E-state index contributed by atoms with van der Waals surface area (Å²) in [5, 5.41) is 7.53. The summed E-state index contributed by atoms with van der Waals surface area (Å²) < 4.78 is 19.5. The number of fused-ring (bicyclic) bond motifs is 2. The van der Waals surface area contributed by atoms with Gasteiger partial charge in [-0.2, -0.15) is 5.10 Å². The maximum absolute atomic E-state index is 13.0. The largest absolute Gasteiger partial charge is 0.491 e. The molecule has 1 N–H and O–H groups in total. The van der Waals surface area contributed by atoms with E-state index in [9.17, 15) is 4.79 Å². The van der Waals surface area contributed by atoms with E-state index in [1.54, 1.807) is 23.1 Å². The highest BCUT2D eigenvalue weighted by Gasteiger charge is 2.28. The monoisotopic (exact) mass is 475 g/mol. The van der Waals surface area contributed by atoms with Gasteiger partial charge in [-0.25, -0.2) is 4.68 Å². The zero-order valence-corrected chi connectivity index (χ0v) is 19.8. The Labute approximate surface area is 203 Å². The third-order valence-corrected chi connectivity index (χ3v) is 6.66. The van der Waals surface area contributed by atoms with Gasteiger partial charge in [0.05, 0.1) is 30.2 Å². The van der Waals surface area contributed by atoms with Gasteiger partial charge >= 0.3 is 0 Å². The lowest BCUT2D eigenvalue weighted by molar-refractivity contribution is 0.0221. The molecule has 1 unspecified atom stereocenters. The van der Waals surface area contributed by atoms with Gasteiger partial charge in [-0.15, -0.1) is 0 Å². The van der Waals surface area contributed by atoms with Crippen LogP contribution in [-0.2, 0) is 17.7 Å². The molecule has 3 aromatic rings. The van der Waals surface area contributed by atoms with E-state index in [0.29, 0.717) is 37.8 Å². The molecule has 1 saturated carbocycles. The molecule has 0 saturated heterocycles. The molecule has 3 aliphatic rings. The summed E-state index contributed by atoms with van der Waals surface area (Å²) in [5.74, 6) is 1.96. The SMILES string of the molecule is Cc1cnc(-c2ccc3c(c2)C[C@@H](NC(=O)c2cc4n(n2)CCC(COCC2CC2)O4)CO3)cn1. The van der Waals surface area contributed by atoms with Crippen LogP contribution in [0.4, 0.5) is 0 Å². The van der Waals surface area contributed by atoms with Crippen LogP contribution >= 0.6 is 0 Å². The summed E-state index contributed by atoms with van der Waals surface area (Å²) in [7, 11) is 0. The Morgan fingerprint density at radius 2 is 2.09 bits per heavy atom. The van der Waals surface area contributed by atoms with Crippen LogP contribution in [-0.4, -0.2) is 57.6 Å². The van der Waals surface area contributed by atoms with E-state index in [1.807, 2.05) is 19.1 Å². The van der Waals surface area contributed by atoms with Crippen LogP contribution in [0, 0.1) is 12.8 Å². The van der Waals surface area contributed by atoms with Gasteiger partial charge in [0.1, 0.15) is 18.5 Å². The fourth-order valence-corrected chi connectivity index (χ4v) is 4.48. The number of carbonyl (C=O) groups excluding carboxylic acids is 1. The number of benzene rings is 1. The Kier molecular flexibility index (Phi) is 5.85. The Morgan fingerprint density at radius 1 is 1.17 bits per heavy atom. The number of aryl methyl sites for hydroxylation is 2. The minimum absolute atomic E-state index is 0.00419. The zero-order chi connectivity index (χ0) is 23.8. The smallest absolute Gasteiger partial charge is 0.272 e. The Bertz CT molecular complexity index is 1220. The van der Waals surface area contributed by atoms with E-state index in [0.717, 1.165) is 47.2 Å². The van der Waals surface area contributed by atoms with Gasteiger partial charge < -0.3 is 19.5 Å². The molecule has 35 heavy (non-hydrogen) atoms. The van der Waals surface area contributed by atoms with Crippen molar-refractivity contribution in [1.82, 2.24) is 25.1 Å². The van der Waals surface area contributed by atoms with Crippen LogP contribution in [0.5, 0.6) is 11.6 Å². The molecular weight excluding hydrogens is 446 g/mol. The van der Waals surface area contributed by atoms with Gasteiger partial charge in [-0.3, -0.25) is 14.8 Å². The molecule has 0 bridgehead atoms. The van der Waals surface area contributed by atoms with E-state index in [1.165, 1.54) is 12.8 Å². The van der Waals surface area contributed by atoms with Gasteiger partial charge in [0.25, 0.3) is 5.91 Å². The summed E-state index contributed by atoms with van der Waals surface area (Å²) in [5.41, 5.74) is 4.05.